The van der Waals surface area contributed by atoms with Gasteiger partial charge in [0.1, 0.15) is 11.6 Å². The van der Waals surface area contributed by atoms with Gasteiger partial charge in [0.2, 0.25) is 5.91 Å². The molecule has 200 valence electrons. The molecule has 0 aliphatic carbocycles. The largest absolute Gasteiger partial charge is 0.469 e. The summed E-state index contributed by atoms with van der Waals surface area (Å²) in [6, 6.07) is 18.1. The number of likely N-dealkylation sites (tertiary alicyclic amines) is 1. The van der Waals surface area contributed by atoms with Crippen LogP contribution in [0.2, 0.25) is 0 Å². The molecule has 0 aromatic heterocycles. The Labute approximate surface area is 219 Å². The Balaban J connectivity index is 1.83. The molecule has 4 atom stereocenters. The number of hydrogen-bond donors (Lipinski definition) is 1. The smallest absolute Gasteiger partial charge is 0.408 e. The molecule has 8 heteroatoms. The van der Waals surface area contributed by atoms with Crippen LogP contribution in [-0.4, -0.2) is 60.3 Å². The molecular weight excluding hydrogens is 472 g/mol. The van der Waals surface area contributed by atoms with Crippen molar-refractivity contribution in [2.45, 2.75) is 76.9 Å². The van der Waals surface area contributed by atoms with Crippen LogP contribution in [0.15, 0.2) is 60.7 Å². The quantitative estimate of drug-likeness (QED) is 0.502. The highest BCUT2D eigenvalue weighted by Gasteiger charge is 2.42. The number of methoxy groups -OCH3 is 1. The predicted molar refractivity (Wildman–Crippen MR) is 140 cm³/mol. The van der Waals surface area contributed by atoms with Crippen molar-refractivity contribution in [2.75, 3.05) is 13.7 Å². The predicted octanol–water partition coefficient (Wildman–Crippen LogP) is 4.43. The highest BCUT2D eigenvalue weighted by molar-refractivity contribution is 5.87. The number of benzene rings is 2. The minimum absolute atomic E-state index is 0.0579. The normalized spacial score (nSPS) is 19.1. The van der Waals surface area contributed by atoms with Crippen LogP contribution in [0.1, 0.15) is 57.6 Å². The lowest BCUT2D eigenvalue weighted by molar-refractivity contribution is -0.144. The van der Waals surface area contributed by atoms with Crippen LogP contribution in [0, 0.1) is 0 Å². The van der Waals surface area contributed by atoms with Crippen LogP contribution < -0.4 is 5.32 Å². The number of esters is 1. The lowest BCUT2D eigenvalue weighted by atomic mass is 9.95. The van der Waals surface area contributed by atoms with Crippen molar-refractivity contribution in [2.24, 2.45) is 0 Å². The van der Waals surface area contributed by atoms with Gasteiger partial charge >= 0.3 is 12.1 Å². The summed E-state index contributed by atoms with van der Waals surface area (Å²) in [4.78, 5) is 40.6. The van der Waals surface area contributed by atoms with E-state index >= 15 is 0 Å². The van der Waals surface area contributed by atoms with E-state index in [1.54, 1.807) is 32.6 Å². The first-order chi connectivity index (χ1) is 17.6. The third kappa shape index (κ3) is 8.32. The molecule has 0 radical (unpaired) electrons. The summed E-state index contributed by atoms with van der Waals surface area (Å²) in [5.74, 6) is -0.650. The molecule has 1 heterocycles. The maximum atomic E-state index is 14.0. The van der Waals surface area contributed by atoms with Gasteiger partial charge in [-0.2, -0.15) is 0 Å². The van der Waals surface area contributed by atoms with Crippen LogP contribution in [0.4, 0.5) is 4.79 Å². The standard InChI is InChI=1S/C29H38N2O6/c1-20(36-19-21-12-8-6-9-13-21)26(30-28(34)37-29(2,3)4)27(33)31-18-23(22-14-10-7-11-15-22)16-24(31)17-25(32)35-5/h6-15,20,23-24,26H,16-19H2,1-5H3,(H,30,34)/t20-,23+,24-,26+/m1/s1. The Hall–Kier alpha value is -3.39. The fourth-order valence-corrected chi connectivity index (χ4v) is 4.51. The van der Waals surface area contributed by atoms with Crippen LogP contribution in [0.3, 0.4) is 0 Å². The second kappa shape index (κ2) is 12.7. The van der Waals surface area contributed by atoms with Crippen molar-refractivity contribution in [1.82, 2.24) is 10.2 Å². The Morgan fingerprint density at radius 3 is 2.24 bits per heavy atom. The van der Waals surface area contributed by atoms with Gasteiger partial charge in [-0.25, -0.2) is 4.79 Å². The number of nitrogens with zero attached hydrogens (tertiary/aromatic N) is 1. The van der Waals surface area contributed by atoms with E-state index in [0.717, 1.165) is 11.1 Å². The molecule has 0 bridgehead atoms. The molecule has 8 nitrogen and oxygen atoms in total. The lowest BCUT2D eigenvalue weighted by Gasteiger charge is -2.32. The van der Waals surface area contributed by atoms with E-state index in [0.29, 0.717) is 13.0 Å². The maximum absolute atomic E-state index is 14.0. The van der Waals surface area contributed by atoms with Crippen molar-refractivity contribution in [1.29, 1.82) is 0 Å². The van der Waals surface area contributed by atoms with E-state index in [-0.39, 0.29) is 36.9 Å². The van der Waals surface area contributed by atoms with Crippen molar-refractivity contribution in [3.8, 4) is 0 Å². The third-order valence-electron chi connectivity index (χ3n) is 6.36. The fourth-order valence-electron chi connectivity index (χ4n) is 4.51. The molecule has 0 saturated carbocycles. The molecule has 0 spiro atoms. The Bertz CT molecular complexity index is 1040. The van der Waals surface area contributed by atoms with Gasteiger partial charge in [0.25, 0.3) is 0 Å². The maximum Gasteiger partial charge on any atom is 0.408 e. The van der Waals surface area contributed by atoms with E-state index in [9.17, 15) is 14.4 Å². The summed E-state index contributed by atoms with van der Waals surface area (Å²) < 4.78 is 16.4. The Morgan fingerprint density at radius 2 is 1.65 bits per heavy atom. The van der Waals surface area contributed by atoms with Gasteiger partial charge in [0.05, 0.1) is 26.2 Å². The Kier molecular flexibility index (Phi) is 9.69. The minimum Gasteiger partial charge on any atom is -0.469 e. The molecular formula is C29H38N2O6. The number of ether oxygens (including phenoxy) is 3. The van der Waals surface area contributed by atoms with E-state index in [1.165, 1.54) is 7.11 Å². The van der Waals surface area contributed by atoms with Gasteiger partial charge < -0.3 is 24.4 Å². The summed E-state index contributed by atoms with van der Waals surface area (Å²) >= 11 is 0. The molecule has 1 N–H and O–H groups in total. The zero-order valence-electron chi connectivity index (χ0n) is 22.3. The van der Waals surface area contributed by atoms with Crippen LogP contribution >= 0.6 is 0 Å². The van der Waals surface area contributed by atoms with E-state index < -0.39 is 23.8 Å². The van der Waals surface area contributed by atoms with Crippen LogP contribution in [0.5, 0.6) is 0 Å². The topological polar surface area (TPSA) is 94.2 Å². The van der Waals surface area contributed by atoms with Gasteiger partial charge in [-0.1, -0.05) is 60.7 Å². The molecule has 2 aromatic carbocycles. The molecule has 0 unspecified atom stereocenters. The monoisotopic (exact) mass is 510 g/mol. The van der Waals surface area contributed by atoms with Gasteiger partial charge in [0.15, 0.2) is 0 Å². The number of hydrogen-bond acceptors (Lipinski definition) is 6. The number of alkyl carbamates (subject to hydrolysis) is 1. The number of carbonyl (C=O) groups excluding carboxylic acids is 3. The second-order valence-electron chi connectivity index (χ2n) is 10.4. The summed E-state index contributed by atoms with van der Waals surface area (Å²) in [5, 5.41) is 2.74. The minimum atomic E-state index is -1.01. The average molecular weight is 511 g/mol. The third-order valence-corrected chi connectivity index (χ3v) is 6.36. The number of carbonyl (C=O) groups is 3. The molecule has 1 aliphatic heterocycles. The van der Waals surface area contributed by atoms with Gasteiger partial charge in [0, 0.05) is 18.5 Å². The van der Waals surface area contributed by atoms with Crippen molar-refractivity contribution in [3.05, 3.63) is 71.8 Å². The number of amides is 2. The van der Waals surface area contributed by atoms with Crippen molar-refractivity contribution >= 4 is 18.0 Å². The SMILES string of the molecule is COC(=O)C[C@H]1C[C@H](c2ccccc2)CN1C(=O)[C@@H](NC(=O)OC(C)(C)C)[C@@H](C)OCc1ccccc1. The fraction of sp³-hybridized carbons (Fsp3) is 0.483. The van der Waals surface area contributed by atoms with Crippen LogP contribution in [0.25, 0.3) is 0 Å². The zero-order chi connectivity index (χ0) is 27.0. The van der Waals surface area contributed by atoms with Crippen LogP contribution in [-0.2, 0) is 30.4 Å². The first-order valence-corrected chi connectivity index (χ1v) is 12.6. The summed E-state index contributed by atoms with van der Waals surface area (Å²) in [7, 11) is 1.34. The van der Waals surface area contributed by atoms with Gasteiger partial charge in [-0.3, -0.25) is 9.59 Å². The van der Waals surface area contributed by atoms with E-state index in [1.807, 2.05) is 60.7 Å². The first-order valence-electron chi connectivity index (χ1n) is 12.6. The Morgan fingerprint density at radius 1 is 1.03 bits per heavy atom. The molecule has 37 heavy (non-hydrogen) atoms. The number of rotatable bonds is 9. The summed E-state index contributed by atoms with van der Waals surface area (Å²) in [6.07, 6.45) is -0.674. The van der Waals surface area contributed by atoms with E-state index in [2.05, 4.69) is 5.32 Å². The van der Waals surface area contributed by atoms with Gasteiger partial charge in [-0.15, -0.1) is 0 Å². The summed E-state index contributed by atoms with van der Waals surface area (Å²) in [5.41, 5.74) is 1.31. The molecule has 2 aromatic rings. The van der Waals surface area contributed by atoms with Crippen molar-refractivity contribution < 1.29 is 28.6 Å². The molecule has 1 aliphatic rings. The highest BCUT2D eigenvalue weighted by Crippen LogP contribution is 2.34. The lowest BCUT2D eigenvalue weighted by Crippen LogP contribution is -2.56. The molecule has 2 amide bonds. The average Bonchev–Trinajstić information content (AvgIpc) is 3.29. The van der Waals surface area contributed by atoms with Gasteiger partial charge in [-0.05, 0) is 45.2 Å². The first kappa shape index (κ1) is 28.2. The number of nitrogens with one attached hydrogen (secondary N) is 1. The second-order valence-corrected chi connectivity index (χ2v) is 10.4. The van der Waals surface area contributed by atoms with E-state index in [4.69, 9.17) is 14.2 Å². The molecule has 3 rings (SSSR count). The highest BCUT2D eigenvalue weighted by atomic mass is 16.6. The summed E-state index contributed by atoms with van der Waals surface area (Å²) in [6.45, 7) is 7.73. The van der Waals surface area contributed by atoms with Crippen molar-refractivity contribution in [3.63, 3.8) is 0 Å². The molecule has 1 saturated heterocycles. The molecule has 1 fully saturated rings. The zero-order valence-corrected chi connectivity index (χ0v) is 22.3.